The lowest BCUT2D eigenvalue weighted by Crippen LogP contribution is -2.46. The van der Waals surface area contributed by atoms with Gasteiger partial charge in [-0.3, -0.25) is 4.79 Å². The highest BCUT2D eigenvalue weighted by Crippen LogP contribution is 2.50. The van der Waals surface area contributed by atoms with Crippen LogP contribution in [-0.4, -0.2) is 11.1 Å². The number of halogens is 1. The summed E-state index contributed by atoms with van der Waals surface area (Å²) in [6.07, 6.45) is 2.27. The highest BCUT2D eigenvalue weighted by Gasteiger charge is 2.50. The summed E-state index contributed by atoms with van der Waals surface area (Å²) in [6, 6.07) is 3.15. The maximum absolute atomic E-state index is 11.2. The Balaban J connectivity index is 2.26. The van der Waals surface area contributed by atoms with Gasteiger partial charge in [-0.2, -0.15) is 0 Å². The molecule has 1 aliphatic rings. The lowest BCUT2D eigenvalue weighted by atomic mass is 9.64. The fourth-order valence-electron chi connectivity index (χ4n) is 1.98. The van der Waals surface area contributed by atoms with Crippen molar-refractivity contribution in [1.82, 2.24) is 0 Å². The van der Waals surface area contributed by atoms with Gasteiger partial charge in [-0.05, 0) is 25.0 Å². The minimum absolute atomic E-state index is 0.429. The van der Waals surface area contributed by atoms with E-state index in [0.717, 1.165) is 11.3 Å². The van der Waals surface area contributed by atoms with E-state index < -0.39 is 17.4 Å². The van der Waals surface area contributed by atoms with Gasteiger partial charge in [0.2, 0.25) is 0 Å². The van der Waals surface area contributed by atoms with Gasteiger partial charge in [-0.1, -0.05) is 18.0 Å². The largest absolute Gasteiger partial charge is 0.481 e. The average molecular weight is 246 g/mol. The monoisotopic (exact) mass is 245 g/mol. The van der Waals surface area contributed by atoms with Crippen molar-refractivity contribution in [2.45, 2.75) is 25.3 Å². The quantitative estimate of drug-likeness (QED) is 0.861. The maximum atomic E-state index is 11.2. The van der Waals surface area contributed by atoms with Crippen LogP contribution in [0.4, 0.5) is 0 Å². The van der Waals surface area contributed by atoms with Crippen LogP contribution in [0.5, 0.6) is 0 Å². The Morgan fingerprint density at radius 2 is 2.27 bits per heavy atom. The van der Waals surface area contributed by atoms with Crippen molar-refractivity contribution in [2.24, 2.45) is 11.1 Å². The summed E-state index contributed by atoms with van der Waals surface area (Å²) >= 11 is 7.18. The molecular weight excluding hydrogens is 234 g/mol. The zero-order valence-corrected chi connectivity index (χ0v) is 9.64. The fraction of sp³-hybridized carbons (Fsp3) is 0.500. The molecule has 1 fully saturated rings. The van der Waals surface area contributed by atoms with Crippen molar-refractivity contribution in [3.8, 4) is 0 Å². The fourth-order valence-corrected chi connectivity index (χ4v) is 3.16. The Bertz CT molecular complexity index is 387. The van der Waals surface area contributed by atoms with Crippen molar-refractivity contribution in [1.29, 1.82) is 0 Å². The Morgan fingerprint density at radius 1 is 1.60 bits per heavy atom. The van der Waals surface area contributed by atoms with Gasteiger partial charge in [0.25, 0.3) is 0 Å². The van der Waals surface area contributed by atoms with Gasteiger partial charge in [0, 0.05) is 4.88 Å². The molecule has 1 unspecified atom stereocenters. The smallest absolute Gasteiger partial charge is 0.311 e. The first-order valence-corrected chi connectivity index (χ1v) is 6.00. The van der Waals surface area contributed by atoms with Gasteiger partial charge in [-0.25, -0.2) is 0 Å². The minimum atomic E-state index is -0.786. The number of carboxylic acids is 1. The number of carbonyl (C=O) groups is 1. The molecule has 3 nitrogen and oxygen atoms in total. The molecule has 3 N–H and O–H groups in total. The first kappa shape index (κ1) is 10.9. The van der Waals surface area contributed by atoms with Crippen molar-refractivity contribution >= 4 is 28.9 Å². The van der Waals surface area contributed by atoms with Crippen molar-refractivity contribution < 1.29 is 9.90 Å². The molecule has 0 aromatic carbocycles. The van der Waals surface area contributed by atoms with Crippen LogP contribution in [-0.2, 0) is 4.79 Å². The van der Waals surface area contributed by atoms with Crippen LogP contribution in [0.15, 0.2) is 12.1 Å². The Hall–Kier alpha value is -0.580. The minimum Gasteiger partial charge on any atom is -0.481 e. The predicted molar refractivity (Wildman–Crippen MR) is 60.2 cm³/mol. The van der Waals surface area contributed by atoms with Crippen LogP contribution in [0.25, 0.3) is 0 Å². The topological polar surface area (TPSA) is 63.3 Å². The van der Waals surface area contributed by atoms with Crippen molar-refractivity contribution in [3.05, 3.63) is 21.3 Å². The summed E-state index contributed by atoms with van der Waals surface area (Å²) in [4.78, 5) is 12.1. The average Bonchev–Trinajstić information content (AvgIpc) is 2.48. The number of hydrogen-bond acceptors (Lipinski definition) is 3. The van der Waals surface area contributed by atoms with Crippen LogP contribution in [0.2, 0.25) is 4.34 Å². The summed E-state index contributed by atoms with van der Waals surface area (Å²) in [5, 5.41) is 9.21. The van der Waals surface area contributed by atoms with Crippen LogP contribution in [0.3, 0.4) is 0 Å². The molecule has 0 bridgehead atoms. The molecule has 0 spiro atoms. The third-order valence-corrected chi connectivity index (χ3v) is 4.48. The Kier molecular flexibility index (Phi) is 2.75. The Labute approximate surface area is 96.9 Å². The molecule has 0 aliphatic heterocycles. The summed E-state index contributed by atoms with van der Waals surface area (Å²) in [5.41, 5.74) is 5.26. The lowest BCUT2D eigenvalue weighted by Gasteiger charge is -2.41. The number of thiophene rings is 1. The van der Waals surface area contributed by atoms with E-state index in [1.165, 1.54) is 11.3 Å². The maximum Gasteiger partial charge on any atom is 0.311 e. The van der Waals surface area contributed by atoms with Crippen LogP contribution in [0.1, 0.15) is 30.2 Å². The van der Waals surface area contributed by atoms with E-state index in [9.17, 15) is 9.90 Å². The van der Waals surface area contributed by atoms with E-state index in [1.807, 2.05) is 6.07 Å². The SMILES string of the molecule is NC(c1ccc(Cl)s1)C1(C(=O)O)CCC1. The molecule has 1 atom stereocenters. The first-order chi connectivity index (χ1) is 7.06. The molecule has 82 valence electrons. The van der Waals surface area contributed by atoms with Crippen molar-refractivity contribution in [2.75, 3.05) is 0 Å². The predicted octanol–water partition coefficient (Wildman–Crippen LogP) is 2.66. The molecule has 1 saturated carbocycles. The molecule has 1 heterocycles. The summed E-state index contributed by atoms with van der Waals surface area (Å²) in [7, 11) is 0. The van der Waals surface area contributed by atoms with E-state index in [-0.39, 0.29) is 0 Å². The van der Waals surface area contributed by atoms with Gasteiger partial charge >= 0.3 is 5.97 Å². The standard InChI is InChI=1S/C10H12ClNO2S/c11-7-3-2-6(15-7)8(12)10(9(13)14)4-1-5-10/h2-3,8H,1,4-5,12H2,(H,13,14). The molecule has 1 aliphatic carbocycles. The third-order valence-electron chi connectivity index (χ3n) is 3.17. The van der Waals surface area contributed by atoms with E-state index in [1.54, 1.807) is 6.07 Å². The molecule has 0 radical (unpaired) electrons. The Morgan fingerprint density at radius 3 is 2.60 bits per heavy atom. The van der Waals surface area contributed by atoms with E-state index in [4.69, 9.17) is 17.3 Å². The summed E-state index contributed by atoms with van der Waals surface area (Å²) in [6.45, 7) is 0. The number of aliphatic carboxylic acids is 1. The number of carboxylic acid groups (broad SMARTS) is 1. The van der Waals surface area contributed by atoms with Crippen LogP contribution >= 0.6 is 22.9 Å². The molecular formula is C10H12ClNO2S. The van der Waals surface area contributed by atoms with Gasteiger partial charge in [-0.15, -0.1) is 11.3 Å². The number of rotatable bonds is 3. The van der Waals surface area contributed by atoms with Gasteiger partial charge < -0.3 is 10.8 Å². The second kappa shape index (κ2) is 3.77. The van der Waals surface area contributed by atoms with E-state index in [0.29, 0.717) is 17.2 Å². The molecule has 0 amide bonds. The molecule has 5 heteroatoms. The van der Waals surface area contributed by atoms with Gasteiger partial charge in [0.15, 0.2) is 0 Å². The zero-order valence-electron chi connectivity index (χ0n) is 8.07. The summed E-state index contributed by atoms with van der Waals surface area (Å²) < 4.78 is 0.653. The van der Waals surface area contributed by atoms with Crippen molar-refractivity contribution in [3.63, 3.8) is 0 Å². The normalized spacial score (nSPS) is 20.7. The highest BCUT2D eigenvalue weighted by atomic mass is 35.5. The molecule has 1 aromatic rings. The molecule has 0 saturated heterocycles. The molecule has 15 heavy (non-hydrogen) atoms. The van der Waals surface area contributed by atoms with E-state index in [2.05, 4.69) is 0 Å². The van der Waals surface area contributed by atoms with Gasteiger partial charge in [0.1, 0.15) is 0 Å². The molecule has 1 aromatic heterocycles. The molecule has 2 rings (SSSR count). The lowest BCUT2D eigenvalue weighted by molar-refractivity contribution is -0.156. The highest BCUT2D eigenvalue weighted by molar-refractivity contribution is 7.16. The first-order valence-electron chi connectivity index (χ1n) is 4.80. The zero-order chi connectivity index (χ0) is 11.1. The van der Waals surface area contributed by atoms with Gasteiger partial charge in [0.05, 0.1) is 15.8 Å². The van der Waals surface area contributed by atoms with E-state index >= 15 is 0 Å². The third kappa shape index (κ3) is 1.67. The second-order valence-electron chi connectivity index (χ2n) is 3.93. The number of nitrogens with two attached hydrogens (primary N) is 1. The van der Waals surface area contributed by atoms with Crippen LogP contribution < -0.4 is 5.73 Å². The summed E-state index contributed by atoms with van der Waals surface area (Å²) in [5.74, 6) is -0.786. The van der Waals surface area contributed by atoms with Crippen LogP contribution in [0, 0.1) is 5.41 Å². The number of hydrogen-bond donors (Lipinski definition) is 2. The second-order valence-corrected chi connectivity index (χ2v) is 5.68.